The van der Waals surface area contributed by atoms with Gasteiger partial charge in [0.1, 0.15) is 0 Å². The molecule has 1 aromatic heterocycles. The van der Waals surface area contributed by atoms with Crippen LogP contribution in [0, 0.1) is 0 Å². The van der Waals surface area contributed by atoms with Crippen LogP contribution in [0.3, 0.4) is 0 Å². The highest BCUT2D eigenvalue weighted by Crippen LogP contribution is 2.25. The van der Waals surface area contributed by atoms with Crippen molar-refractivity contribution in [3.05, 3.63) is 60.0 Å². The van der Waals surface area contributed by atoms with Crippen molar-refractivity contribution in [2.24, 2.45) is 0 Å². The quantitative estimate of drug-likeness (QED) is 0.559. The molecule has 1 aliphatic heterocycles. The van der Waals surface area contributed by atoms with Crippen LogP contribution < -0.4 is 5.32 Å². The number of carbonyl (C=O) groups excluding carboxylic acids is 1. The Kier molecular flexibility index (Phi) is 6.86. The van der Waals surface area contributed by atoms with E-state index in [9.17, 15) is 13.2 Å². The summed E-state index contributed by atoms with van der Waals surface area (Å²) in [5.74, 6) is 0.881. The van der Waals surface area contributed by atoms with Crippen LogP contribution in [0.2, 0.25) is 0 Å². The number of amides is 1. The topological polar surface area (TPSA) is 105 Å². The molecule has 0 atom stereocenters. The lowest BCUT2D eigenvalue weighted by Crippen LogP contribution is -2.35. The lowest BCUT2D eigenvalue weighted by atomic mass is 9.97. The number of nitrogens with zero attached hydrogens (tertiary/aromatic N) is 3. The molecule has 0 unspecified atom stereocenters. The second kappa shape index (κ2) is 9.68. The van der Waals surface area contributed by atoms with Crippen molar-refractivity contribution in [1.82, 2.24) is 14.4 Å². The summed E-state index contributed by atoms with van der Waals surface area (Å²) in [5, 5.41) is 6.90. The number of aromatic nitrogens is 2. The molecule has 9 heteroatoms. The first kappa shape index (κ1) is 24.1. The van der Waals surface area contributed by atoms with E-state index >= 15 is 0 Å². The van der Waals surface area contributed by atoms with E-state index in [4.69, 9.17) is 4.52 Å². The van der Waals surface area contributed by atoms with Crippen molar-refractivity contribution in [3.63, 3.8) is 0 Å². The number of hydrogen-bond donors (Lipinski definition) is 1. The molecule has 1 N–H and O–H groups in total. The van der Waals surface area contributed by atoms with Crippen molar-refractivity contribution in [1.29, 1.82) is 0 Å². The molecular formula is C25H30N4O4S. The fourth-order valence-corrected chi connectivity index (χ4v) is 5.29. The second-order valence-corrected chi connectivity index (χ2v) is 11.5. The van der Waals surface area contributed by atoms with Crippen molar-refractivity contribution in [3.8, 4) is 11.4 Å². The van der Waals surface area contributed by atoms with Gasteiger partial charge in [-0.3, -0.25) is 4.79 Å². The summed E-state index contributed by atoms with van der Waals surface area (Å²) in [7, 11) is -3.47. The second-order valence-electron chi connectivity index (χ2n) is 9.58. The number of benzene rings is 2. The zero-order valence-electron chi connectivity index (χ0n) is 19.7. The number of anilines is 1. The van der Waals surface area contributed by atoms with E-state index in [0.29, 0.717) is 30.5 Å². The van der Waals surface area contributed by atoms with Crippen LogP contribution in [-0.4, -0.2) is 41.9 Å². The third kappa shape index (κ3) is 5.53. The lowest BCUT2D eigenvalue weighted by molar-refractivity contribution is -0.115. The molecule has 3 aromatic rings. The maximum Gasteiger partial charge on any atom is 0.243 e. The van der Waals surface area contributed by atoms with Gasteiger partial charge >= 0.3 is 0 Å². The normalized spacial score (nSPS) is 15.3. The molecule has 34 heavy (non-hydrogen) atoms. The summed E-state index contributed by atoms with van der Waals surface area (Å²) in [6, 6.07) is 13.8. The van der Waals surface area contributed by atoms with E-state index in [1.165, 1.54) is 0 Å². The minimum Gasteiger partial charge on any atom is -0.338 e. The molecule has 2 aromatic carbocycles. The van der Waals surface area contributed by atoms with Crippen molar-refractivity contribution in [2.45, 2.75) is 56.8 Å². The molecule has 1 amide bonds. The van der Waals surface area contributed by atoms with Gasteiger partial charge in [0.15, 0.2) is 0 Å². The molecule has 4 rings (SSSR count). The van der Waals surface area contributed by atoms with Crippen LogP contribution in [-0.2, 0) is 26.7 Å². The van der Waals surface area contributed by atoms with E-state index in [1.807, 2.05) is 32.9 Å². The minimum absolute atomic E-state index is 0.144. The molecule has 0 spiro atoms. The van der Waals surface area contributed by atoms with Gasteiger partial charge in [0, 0.05) is 29.8 Å². The highest BCUT2D eigenvalue weighted by molar-refractivity contribution is 7.89. The summed E-state index contributed by atoms with van der Waals surface area (Å²) < 4.78 is 32.4. The largest absolute Gasteiger partial charge is 0.338 e. The predicted octanol–water partition coefficient (Wildman–Crippen LogP) is 4.39. The van der Waals surface area contributed by atoms with Crippen LogP contribution in [0.4, 0.5) is 5.69 Å². The number of carbonyl (C=O) groups is 1. The maximum absolute atomic E-state index is 12.8. The highest BCUT2D eigenvalue weighted by atomic mass is 32.2. The zero-order chi connectivity index (χ0) is 24.3. The standard InChI is InChI=1S/C25H30N4O4S/c1-25(2,3)24-27-23(28-33-24)19-9-11-20(12-10-19)26-22(30)17-18-7-13-21(14-8-18)34(31,32)29-15-5-4-6-16-29/h7-14H,4-6,15-17H2,1-3H3,(H,26,30). The van der Waals surface area contributed by atoms with Gasteiger partial charge in [-0.15, -0.1) is 0 Å². The maximum atomic E-state index is 12.8. The van der Waals surface area contributed by atoms with Crippen LogP contribution >= 0.6 is 0 Å². The molecule has 1 fully saturated rings. The van der Waals surface area contributed by atoms with Crippen LogP contribution in [0.1, 0.15) is 51.5 Å². The van der Waals surface area contributed by atoms with Crippen molar-refractivity contribution >= 4 is 21.6 Å². The Balaban J connectivity index is 1.36. The molecule has 180 valence electrons. The van der Waals surface area contributed by atoms with Gasteiger partial charge in [-0.05, 0) is 54.8 Å². The van der Waals surface area contributed by atoms with E-state index in [1.54, 1.807) is 40.7 Å². The number of sulfonamides is 1. The number of hydrogen-bond acceptors (Lipinski definition) is 6. The molecular weight excluding hydrogens is 452 g/mol. The van der Waals surface area contributed by atoms with Crippen LogP contribution in [0.25, 0.3) is 11.4 Å². The first-order valence-corrected chi connectivity index (χ1v) is 12.9. The Labute approximate surface area is 200 Å². The molecule has 0 saturated carbocycles. The average Bonchev–Trinajstić information content (AvgIpc) is 3.32. The van der Waals surface area contributed by atoms with Gasteiger partial charge in [0.05, 0.1) is 11.3 Å². The molecule has 0 aliphatic carbocycles. The Morgan fingerprint density at radius 3 is 2.24 bits per heavy atom. The fraction of sp³-hybridized carbons (Fsp3) is 0.400. The minimum atomic E-state index is -3.47. The van der Waals surface area contributed by atoms with E-state index < -0.39 is 10.0 Å². The van der Waals surface area contributed by atoms with Gasteiger partial charge in [-0.2, -0.15) is 9.29 Å². The Morgan fingerprint density at radius 2 is 1.65 bits per heavy atom. The first-order chi connectivity index (χ1) is 16.1. The number of piperidine rings is 1. The molecule has 0 radical (unpaired) electrons. The van der Waals surface area contributed by atoms with Gasteiger partial charge in [0.25, 0.3) is 0 Å². The lowest BCUT2D eigenvalue weighted by Gasteiger charge is -2.25. The molecule has 8 nitrogen and oxygen atoms in total. The molecule has 2 heterocycles. The summed E-state index contributed by atoms with van der Waals surface area (Å²) in [6.45, 7) is 7.14. The van der Waals surface area contributed by atoms with Crippen LogP contribution in [0.15, 0.2) is 57.9 Å². The smallest absolute Gasteiger partial charge is 0.243 e. The van der Waals surface area contributed by atoms with Crippen molar-refractivity contribution in [2.75, 3.05) is 18.4 Å². The Hall–Kier alpha value is -3.04. The molecule has 0 bridgehead atoms. The fourth-order valence-electron chi connectivity index (χ4n) is 3.77. The number of rotatable bonds is 6. The Bertz CT molecular complexity index is 1240. The summed E-state index contributed by atoms with van der Waals surface area (Å²) >= 11 is 0. The van der Waals surface area contributed by atoms with Gasteiger partial charge in [-0.1, -0.05) is 44.5 Å². The molecule has 1 saturated heterocycles. The summed E-state index contributed by atoms with van der Waals surface area (Å²) in [4.78, 5) is 17.2. The van der Waals surface area contributed by atoms with E-state index in [2.05, 4.69) is 15.5 Å². The Morgan fingerprint density at radius 1 is 1.00 bits per heavy atom. The van der Waals surface area contributed by atoms with Gasteiger partial charge in [-0.25, -0.2) is 8.42 Å². The third-order valence-corrected chi connectivity index (χ3v) is 7.65. The SMILES string of the molecule is CC(C)(C)c1nc(-c2ccc(NC(=O)Cc3ccc(S(=O)(=O)N4CCCCC4)cc3)cc2)no1. The summed E-state index contributed by atoms with van der Waals surface area (Å²) in [5.41, 5.74) is 1.96. The van der Waals surface area contributed by atoms with E-state index in [0.717, 1.165) is 30.4 Å². The third-order valence-electron chi connectivity index (χ3n) is 5.74. The van der Waals surface area contributed by atoms with Crippen molar-refractivity contribution < 1.29 is 17.7 Å². The molecule has 1 aliphatic rings. The zero-order valence-corrected chi connectivity index (χ0v) is 20.6. The van der Waals surface area contributed by atoms with Crippen LogP contribution in [0.5, 0.6) is 0 Å². The van der Waals surface area contributed by atoms with E-state index in [-0.39, 0.29) is 22.6 Å². The highest BCUT2D eigenvalue weighted by Gasteiger charge is 2.26. The van der Waals surface area contributed by atoms with Gasteiger partial charge in [0.2, 0.25) is 27.6 Å². The summed E-state index contributed by atoms with van der Waals surface area (Å²) in [6.07, 6.45) is 3.00. The predicted molar refractivity (Wildman–Crippen MR) is 130 cm³/mol. The van der Waals surface area contributed by atoms with Gasteiger partial charge < -0.3 is 9.84 Å². The average molecular weight is 483 g/mol. The first-order valence-electron chi connectivity index (χ1n) is 11.5. The monoisotopic (exact) mass is 482 g/mol. The number of nitrogens with one attached hydrogen (secondary N) is 1.